The molecule has 1 N–H and O–H groups in total. The van der Waals surface area contributed by atoms with Crippen molar-refractivity contribution in [2.45, 2.75) is 0 Å². The molecule has 1 saturated heterocycles. The van der Waals surface area contributed by atoms with E-state index in [4.69, 9.17) is 4.74 Å². The number of piperazine rings is 1. The van der Waals surface area contributed by atoms with Crippen molar-refractivity contribution in [3.63, 3.8) is 0 Å². The number of hydrogen-bond acceptors (Lipinski definition) is 5. The molecule has 1 aliphatic rings. The van der Waals surface area contributed by atoms with Crippen LogP contribution in [0.1, 0.15) is 10.4 Å². The van der Waals surface area contributed by atoms with E-state index in [1.807, 2.05) is 0 Å². The highest BCUT2D eigenvalue weighted by atomic mass is 35.5. The lowest BCUT2D eigenvalue weighted by Crippen LogP contribution is -2.44. The van der Waals surface area contributed by atoms with Gasteiger partial charge in [-0.25, -0.2) is 4.79 Å². The normalized spacial score (nSPS) is 14.2. The zero-order valence-electron chi connectivity index (χ0n) is 10.1. The largest absolute Gasteiger partial charge is 0.465 e. The Morgan fingerprint density at radius 3 is 2.67 bits per heavy atom. The van der Waals surface area contributed by atoms with Crippen LogP contribution in [0.25, 0.3) is 0 Å². The lowest BCUT2D eigenvalue weighted by molar-refractivity contribution is 0.0601. The molecule has 2 heterocycles. The van der Waals surface area contributed by atoms with Gasteiger partial charge in [0.15, 0.2) is 0 Å². The van der Waals surface area contributed by atoms with Crippen LogP contribution in [-0.4, -0.2) is 44.2 Å². The average Bonchev–Trinajstić information content (AvgIpc) is 2.39. The van der Waals surface area contributed by atoms with E-state index in [1.165, 1.54) is 7.11 Å². The lowest BCUT2D eigenvalue weighted by Gasteiger charge is -2.30. The molecule has 2 rings (SSSR count). The molecule has 0 amide bonds. The van der Waals surface area contributed by atoms with E-state index >= 15 is 0 Å². The molecular weight excluding hydrogens is 277 g/mol. The Balaban J connectivity index is 0.00000144. The van der Waals surface area contributed by atoms with E-state index in [-0.39, 0.29) is 30.8 Å². The number of halogens is 2. The van der Waals surface area contributed by atoms with Gasteiger partial charge < -0.3 is 15.0 Å². The number of nitrogens with one attached hydrogen (secondary N) is 1. The first-order valence-electron chi connectivity index (χ1n) is 5.31. The summed E-state index contributed by atoms with van der Waals surface area (Å²) >= 11 is 0. The van der Waals surface area contributed by atoms with Crippen LogP contribution in [0.4, 0.5) is 5.69 Å². The predicted octanol–water partition coefficient (Wildman–Crippen LogP) is 1.12. The molecule has 5 nitrogen and oxygen atoms in total. The zero-order valence-corrected chi connectivity index (χ0v) is 11.7. The fourth-order valence-corrected chi connectivity index (χ4v) is 1.83. The molecule has 0 radical (unpaired) electrons. The van der Waals surface area contributed by atoms with Gasteiger partial charge in [0.1, 0.15) is 0 Å². The second-order valence-corrected chi connectivity index (χ2v) is 3.62. The maximum absolute atomic E-state index is 11.6. The van der Waals surface area contributed by atoms with Crippen LogP contribution < -0.4 is 10.2 Å². The third-order valence-corrected chi connectivity index (χ3v) is 2.66. The second kappa shape index (κ2) is 8.13. The molecular formula is C11H17Cl2N3O2. The van der Waals surface area contributed by atoms with Crippen LogP contribution >= 0.6 is 24.8 Å². The molecule has 0 saturated carbocycles. The van der Waals surface area contributed by atoms with E-state index in [1.54, 1.807) is 18.5 Å². The fourth-order valence-electron chi connectivity index (χ4n) is 1.83. The molecule has 0 bridgehead atoms. The van der Waals surface area contributed by atoms with Crippen molar-refractivity contribution < 1.29 is 9.53 Å². The van der Waals surface area contributed by atoms with Gasteiger partial charge in [-0.3, -0.25) is 4.98 Å². The minimum atomic E-state index is -0.309. The number of carbonyl (C=O) groups is 1. The third-order valence-electron chi connectivity index (χ3n) is 2.66. The van der Waals surface area contributed by atoms with E-state index in [0.29, 0.717) is 5.56 Å². The van der Waals surface area contributed by atoms with Crippen molar-refractivity contribution in [1.29, 1.82) is 0 Å². The summed E-state index contributed by atoms with van der Waals surface area (Å²) in [6, 6.07) is 1.70. The van der Waals surface area contributed by atoms with Crippen molar-refractivity contribution in [3.05, 3.63) is 24.0 Å². The molecule has 0 aliphatic carbocycles. The molecule has 1 aromatic heterocycles. The fraction of sp³-hybridized carbons (Fsp3) is 0.455. The summed E-state index contributed by atoms with van der Waals surface area (Å²) in [7, 11) is 1.39. The van der Waals surface area contributed by atoms with Crippen LogP contribution in [0.3, 0.4) is 0 Å². The van der Waals surface area contributed by atoms with Crippen LogP contribution in [0.15, 0.2) is 18.5 Å². The highest BCUT2D eigenvalue weighted by Gasteiger charge is 2.18. The van der Waals surface area contributed by atoms with Crippen molar-refractivity contribution in [2.24, 2.45) is 0 Å². The van der Waals surface area contributed by atoms with Gasteiger partial charge in [-0.05, 0) is 6.07 Å². The maximum atomic E-state index is 11.6. The Morgan fingerprint density at radius 1 is 1.39 bits per heavy atom. The third kappa shape index (κ3) is 3.73. The van der Waals surface area contributed by atoms with E-state index < -0.39 is 0 Å². The summed E-state index contributed by atoms with van der Waals surface area (Å²) in [6.07, 6.45) is 3.33. The number of rotatable bonds is 2. The molecule has 7 heteroatoms. The van der Waals surface area contributed by atoms with Crippen LogP contribution in [0, 0.1) is 0 Å². The standard InChI is InChI=1S/C11H15N3O2.2ClH/c1-16-11(15)9-2-3-13-8-10(9)14-6-4-12-5-7-14;;/h2-3,8,12H,4-7H2,1H3;2*1H. The monoisotopic (exact) mass is 293 g/mol. The van der Waals surface area contributed by atoms with Crippen molar-refractivity contribution >= 4 is 36.5 Å². The molecule has 0 atom stereocenters. The van der Waals surface area contributed by atoms with Gasteiger partial charge in [-0.15, -0.1) is 24.8 Å². The van der Waals surface area contributed by atoms with Crippen molar-refractivity contribution in [3.8, 4) is 0 Å². The van der Waals surface area contributed by atoms with E-state index in [2.05, 4.69) is 15.2 Å². The minimum Gasteiger partial charge on any atom is -0.465 e. The molecule has 1 aromatic rings. The predicted molar refractivity (Wildman–Crippen MR) is 75.2 cm³/mol. The highest BCUT2D eigenvalue weighted by Crippen LogP contribution is 2.20. The number of ether oxygens (including phenoxy) is 1. The van der Waals surface area contributed by atoms with Crippen LogP contribution in [-0.2, 0) is 4.74 Å². The summed E-state index contributed by atoms with van der Waals surface area (Å²) in [5.74, 6) is -0.309. The Labute approximate surface area is 119 Å². The average molecular weight is 294 g/mol. The Hall–Kier alpha value is -1.04. The summed E-state index contributed by atoms with van der Waals surface area (Å²) in [4.78, 5) is 17.8. The van der Waals surface area contributed by atoms with Crippen LogP contribution in [0.5, 0.6) is 0 Å². The number of esters is 1. The summed E-state index contributed by atoms with van der Waals surface area (Å²) < 4.78 is 4.76. The van der Waals surface area contributed by atoms with Gasteiger partial charge in [0.2, 0.25) is 0 Å². The summed E-state index contributed by atoms with van der Waals surface area (Å²) in [5, 5.41) is 3.27. The first kappa shape index (κ1) is 17.0. The molecule has 1 aliphatic heterocycles. The van der Waals surface area contributed by atoms with Gasteiger partial charge >= 0.3 is 5.97 Å². The first-order valence-corrected chi connectivity index (χ1v) is 5.31. The highest BCUT2D eigenvalue weighted by molar-refractivity contribution is 5.95. The lowest BCUT2D eigenvalue weighted by atomic mass is 10.2. The van der Waals surface area contributed by atoms with Crippen LogP contribution in [0.2, 0.25) is 0 Å². The second-order valence-electron chi connectivity index (χ2n) is 3.62. The quantitative estimate of drug-likeness (QED) is 0.828. The number of methoxy groups -OCH3 is 1. The Bertz CT molecular complexity index is 384. The smallest absolute Gasteiger partial charge is 0.340 e. The number of hydrogen-bond donors (Lipinski definition) is 1. The van der Waals surface area contributed by atoms with Gasteiger partial charge in [-0.1, -0.05) is 0 Å². The Kier molecular flexibility index (Phi) is 7.66. The SMILES string of the molecule is COC(=O)c1ccncc1N1CCNCC1.Cl.Cl. The summed E-state index contributed by atoms with van der Waals surface area (Å²) in [6.45, 7) is 3.62. The number of carbonyl (C=O) groups excluding carboxylic acids is 1. The molecule has 0 spiro atoms. The van der Waals surface area contributed by atoms with E-state index in [0.717, 1.165) is 31.9 Å². The summed E-state index contributed by atoms with van der Waals surface area (Å²) in [5.41, 5.74) is 1.44. The van der Waals surface area contributed by atoms with Crippen molar-refractivity contribution in [1.82, 2.24) is 10.3 Å². The number of aromatic nitrogens is 1. The molecule has 102 valence electrons. The molecule has 18 heavy (non-hydrogen) atoms. The van der Waals surface area contributed by atoms with Crippen molar-refractivity contribution in [2.75, 3.05) is 38.2 Å². The van der Waals surface area contributed by atoms with Gasteiger partial charge in [0, 0.05) is 32.4 Å². The molecule has 0 unspecified atom stereocenters. The minimum absolute atomic E-state index is 0. The first-order chi connectivity index (χ1) is 7.83. The topological polar surface area (TPSA) is 54.5 Å². The molecule has 0 aromatic carbocycles. The zero-order chi connectivity index (χ0) is 11.4. The van der Waals surface area contributed by atoms with Gasteiger partial charge in [0.25, 0.3) is 0 Å². The number of anilines is 1. The van der Waals surface area contributed by atoms with Gasteiger partial charge in [-0.2, -0.15) is 0 Å². The molecule has 1 fully saturated rings. The maximum Gasteiger partial charge on any atom is 0.340 e. The van der Waals surface area contributed by atoms with E-state index in [9.17, 15) is 4.79 Å². The number of pyridine rings is 1. The number of nitrogens with zero attached hydrogens (tertiary/aromatic N) is 2. The Morgan fingerprint density at radius 2 is 2.06 bits per heavy atom. The van der Waals surface area contributed by atoms with Gasteiger partial charge in [0.05, 0.1) is 24.6 Å².